The molecule has 0 unspecified atom stereocenters. The van der Waals surface area contributed by atoms with Crippen molar-refractivity contribution in [3.05, 3.63) is 34.5 Å². The Hall–Kier alpha value is -2.44. The average molecular weight is 234 g/mol. The van der Waals surface area contributed by atoms with Crippen molar-refractivity contribution >= 4 is 5.97 Å². The highest BCUT2D eigenvalue weighted by Crippen LogP contribution is 2.11. The summed E-state index contributed by atoms with van der Waals surface area (Å²) in [5.74, 6) is -0.201. The van der Waals surface area contributed by atoms with E-state index in [9.17, 15) is 9.59 Å². The summed E-state index contributed by atoms with van der Waals surface area (Å²) < 4.78 is 4.77. The lowest BCUT2D eigenvalue weighted by molar-refractivity contribution is 0.0512. The summed E-state index contributed by atoms with van der Waals surface area (Å²) in [5, 5.41) is 6.34. The van der Waals surface area contributed by atoms with Crippen molar-refractivity contribution in [3.8, 4) is 11.4 Å². The number of ether oxygens (including phenoxy) is 1. The molecule has 7 heteroatoms. The Morgan fingerprint density at radius 1 is 1.47 bits per heavy atom. The molecule has 0 spiro atoms. The van der Waals surface area contributed by atoms with E-state index in [0.717, 1.165) is 0 Å². The molecule has 88 valence electrons. The summed E-state index contributed by atoms with van der Waals surface area (Å²) in [7, 11) is 0. The second-order valence-electron chi connectivity index (χ2n) is 3.17. The van der Waals surface area contributed by atoms with Gasteiger partial charge in [0.25, 0.3) is 0 Å². The van der Waals surface area contributed by atoms with E-state index in [1.807, 2.05) is 0 Å². The molecule has 0 saturated carbocycles. The molecule has 0 amide bonds. The minimum Gasteiger partial charge on any atom is -0.460 e. The number of nitrogens with one attached hydrogen (secondary N) is 2. The summed E-state index contributed by atoms with van der Waals surface area (Å²) in [6, 6.07) is 2.92. The third-order valence-corrected chi connectivity index (χ3v) is 2.00. The number of rotatable bonds is 3. The van der Waals surface area contributed by atoms with Crippen molar-refractivity contribution in [1.82, 2.24) is 20.2 Å². The van der Waals surface area contributed by atoms with Crippen LogP contribution in [0.4, 0.5) is 0 Å². The van der Waals surface area contributed by atoms with Crippen LogP contribution >= 0.6 is 0 Å². The van der Waals surface area contributed by atoms with Crippen molar-refractivity contribution in [3.63, 3.8) is 0 Å². The molecule has 17 heavy (non-hydrogen) atoms. The van der Waals surface area contributed by atoms with Crippen LogP contribution in [0.5, 0.6) is 0 Å². The summed E-state index contributed by atoms with van der Waals surface area (Å²) >= 11 is 0. The number of aromatic nitrogens is 4. The molecule has 0 radical (unpaired) electrons. The molecule has 2 N–H and O–H groups in total. The fraction of sp³-hybridized carbons (Fsp3) is 0.200. The summed E-state index contributed by atoms with van der Waals surface area (Å²) in [4.78, 5) is 28.7. The highest BCUT2D eigenvalue weighted by molar-refractivity contribution is 5.85. The molecule has 0 aliphatic carbocycles. The fourth-order valence-electron chi connectivity index (χ4n) is 1.23. The van der Waals surface area contributed by atoms with Gasteiger partial charge in [0.2, 0.25) is 11.4 Å². The Morgan fingerprint density at radius 2 is 2.29 bits per heavy atom. The number of hydrogen-bond acceptors (Lipinski definition) is 5. The smallest absolute Gasteiger partial charge is 0.375 e. The number of pyridine rings is 1. The maximum absolute atomic E-state index is 11.3. The maximum atomic E-state index is 11.3. The quantitative estimate of drug-likeness (QED) is 0.745. The number of H-pyrrole nitrogens is 2. The summed E-state index contributed by atoms with van der Waals surface area (Å²) in [6.07, 6.45) is 1.47. The molecule has 0 aliphatic heterocycles. The van der Waals surface area contributed by atoms with Gasteiger partial charge in [-0.05, 0) is 13.0 Å². The second kappa shape index (κ2) is 4.60. The zero-order valence-electron chi connectivity index (χ0n) is 9.06. The first kappa shape index (κ1) is 11.1. The molecule has 0 aromatic carbocycles. The van der Waals surface area contributed by atoms with Crippen LogP contribution in [0.3, 0.4) is 0 Å². The van der Waals surface area contributed by atoms with Crippen molar-refractivity contribution in [2.45, 2.75) is 6.92 Å². The van der Waals surface area contributed by atoms with Gasteiger partial charge in [-0.3, -0.25) is 9.89 Å². The molecule has 0 atom stereocenters. The molecule has 7 nitrogen and oxygen atoms in total. The van der Waals surface area contributed by atoms with Crippen LogP contribution < -0.4 is 5.56 Å². The molecule has 0 saturated heterocycles. The molecule has 0 fully saturated rings. The Labute approximate surface area is 95.9 Å². The molecule has 2 aromatic rings. The number of aromatic amines is 2. The highest BCUT2D eigenvalue weighted by Gasteiger charge is 2.13. The van der Waals surface area contributed by atoms with Crippen LogP contribution in [0.25, 0.3) is 11.4 Å². The minimum atomic E-state index is -0.560. The number of carbonyl (C=O) groups excluding carboxylic acids is 1. The number of carbonyl (C=O) groups is 1. The van der Waals surface area contributed by atoms with Crippen molar-refractivity contribution in [2.24, 2.45) is 0 Å². The first-order chi connectivity index (χ1) is 8.20. The Kier molecular flexibility index (Phi) is 2.99. The molecule has 0 bridgehead atoms. The standard InChI is InChI=1S/C10H10N4O3/c1-2-17-10(16)9-12-8(13-14-9)6-3-4-7(15)11-5-6/h3-5H,2H2,1H3,(H,11,15)(H,12,13,14). The van der Waals surface area contributed by atoms with Gasteiger partial charge < -0.3 is 9.72 Å². The molecule has 2 heterocycles. The van der Waals surface area contributed by atoms with Gasteiger partial charge >= 0.3 is 5.97 Å². The third-order valence-electron chi connectivity index (χ3n) is 2.00. The van der Waals surface area contributed by atoms with E-state index >= 15 is 0 Å². The van der Waals surface area contributed by atoms with Gasteiger partial charge in [0.05, 0.1) is 6.61 Å². The fourth-order valence-corrected chi connectivity index (χ4v) is 1.23. The second-order valence-corrected chi connectivity index (χ2v) is 3.17. The van der Waals surface area contributed by atoms with Gasteiger partial charge in [0, 0.05) is 17.8 Å². The van der Waals surface area contributed by atoms with Gasteiger partial charge in [0.1, 0.15) is 0 Å². The van der Waals surface area contributed by atoms with E-state index < -0.39 is 5.97 Å². The number of hydrogen-bond donors (Lipinski definition) is 2. The predicted molar refractivity (Wildman–Crippen MR) is 58.4 cm³/mol. The monoisotopic (exact) mass is 234 g/mol. The SMILES string of the molecule is CCOC(=O)c1nc(-c2ccc(=O)[nH]c2)n[nH]1. The van der Waals surface area contributed by atoms with Crippen LogP contribution in [0.15, 0.2) is 23.1 Å². The number of esters is 1. The normalized spacial score (nSPS) is 10.2. The number of nitrogens with zero attached hydrogens (tertiary/aromatic N) is 2. The molecular formula is C10H10N4O3. The zero-order chi connectivity index (χ0) is 12.3. The summed E-state index contributed by atoms with van der Waals surface area (Å²) in [6.45, 7) is 1.98. The van der Waals surface area contributed by atoms with Crippen LogP contribution in [-0.4, -0.2) is 32.7 Å². The first-order valence-electron chi connectivity index (χ1n) is 4.99. The lowest BCUT2D eigenvalue weighted by Crippen LogP contribution is -2.06. The van der Waals surface area contributed by atoms with Crippen LogP contribution in [-0.2, 0) is 4.74 Å². The molecule has 2 rings (SSSR count). The molecule has 0 aliphatic rings. The lowest BCUT2D eigenvalue weighted by Gasteiger charge is -1.95. The van der Waals surface area contributed by atoms with Gasteiger partial charge in [-0.1, -0.05) is 0 Å². The molecular weight excluding hydrogens is 224 g/mol. The largest absolute Gasteiger partial charge is 0.460 e. The predicted octanol–water partition coefficient (Wildman–Crippen LogP) is 0.337. The van der Waals surface area contributed by atoms with E-state index in [1.54, 1.807) is 13.0 Å². The Balaban J connectivity index is 2.26. The topological polar surface area (TPSA) is 101 Å². The average Bonchev–Trinajstić information content (AvgIpc) is 2.80. The van der Waals surface area contributed by atoms with Gasteiger partial charge in [-0.2, -0.15) is 5.10 Å². The maximum Gasteiger partial charge on any atom is 0.375 e. The van der Waals surface area contributed by atoms with Crippen molar-refractivity contribution in [2.75, 3.05) is 6.61 Å². The lowest BCUT2D eigenvalue weighted by atomic mass is 10.3. The highest BCUT2D eigenvalue weighted by atomic mass is 16.5. The van der Waals surface area contributed by atoms with E-state index in [1.165, 1.54) is 12.3 Å². The van der Waals surface area contributed by atoms with Gasteiger partial charge in [0.15, 0.2) is 5.82 Å². The van der Waals surface area contributed by atoms with Crippen LogP contribution in [0.1, 0.15) is 17.5 Å². The minimum absolute atomic E-state index is 0.0352. The summed E-state index contributed by atoms with van der Waals surface area (Å²) in [5.41, 5.74) is 0.395. The van der Waals surface area contributed by atoms with Crippen LogP contribution in [0, 0.1) is 0 Å². The van der Waals surface area contributed by atoms with Gasteiger partial charge in [-0.15, -0.1) is 0 Å². The van der Waals surface area contributed by atoms with E-state index in [0.29, 0.717) is 11.4 Å². The first-order valence-corrected chi connectivity index (χ1v) is 4.99. The third kappa shape index (κ3) is 2.39. The Bertz CT molecular complexity index is 567. The van der Waals surface area contributed by atoms with Crippen molar-refractivity contribution < 1.29 is 9.53 Å². The van der Waals surface area contributed by atoms with Crippen LogP contribution in [0.2, 0.25) is 0 Å². The van der Waals surface area contributed by atoms with Crippen molar-refractivity contribution in [1.29, 1.82) is 0 Å². The zero-order valence-corrected chi connectivity index (χ0v) is 9.06. The molecule has 2 aromatic heterocycles. The Morgan fingerprint density at radius 3 is 2.94 bits per heavy atom. The van der Waals surface area contributed by atoms with E-state index in [2.05, 4.69) is 20.2 Å². The van der Waals surface area contributed by atoms with Gasteiger partial charge in [-0.25, -0.2) is 9.78 Å². The van der Waals surface area contributed by atoms with E-state index in [-0.39, 0.29) is 18.0 Å². The van der Waals surface area contributed by atoms with E-state index in [4.69, 9.17) is 4.74 Å².